The Morgan fingerprint density at radius 2 is 0.800 bits per heavy atom. The first-order valence-electron chi connectivity index (χ1n) is 28.5. The van der Waals surface area contributed by atoms with Crippen molar-refractivity contribution in [1.29, 1.82) is 0 Å². The molecule has 1 fully saturated rings. The summed E-state index contributed by atoms with van der Waals surface area (Å²) in [7, 11) is -5.03. The van der Waals surface area contributed by atoms with Gasteiger partial charge < -0.3 is 39.9 Å². The van der Waals surface area contributed by atoms with Crippen LogP contribution < -0.4 is 0 Å². The minimum Gasteiger partial charge on any atom is -0.457 e. The molecule has 6 N–H and O–H groups in total. The lowest BCUT2D eigenvalue weighted by Gasteiger charge is -2.41. The molecule has 0 saturated heterocycles. The lowest BCUT2D eigenvalue weighted by Crippen LogP contribution is -2.64. The highest BCUT2D eigenvalue weighted by molar-refractivity contribution is 7.47. The molecule has 13 heteroatoms. The molecule has 0 amide bonds. The van der Waals surface area contributed by atoms with Gasteiger partial charge in [-0.1, -0.05) is 210 Å². The van der Waals surface area contributed by atoms with E-state index >= 15 is 0 Å². The molecule has 6 atom stereocenters. The zero-order valence-electron chi connectivity index (χ0n) is 44.3. The molecule has 0 bridgehead atoms. The Morgan fingerprint density at radius 3 is 1.20 bits per heavy atom. The zero-order chi connectivity index (χ0) is 51.2. The highest BCUT2D eigenvalue weighted by Crippen LogP contribution is 2.47. The van der Waals surface area contributed by atoms with Crippen LogP contribution in [0.1, 0.15) is 245 Å². The van der Waals surface area contributed by atoms with E-state index in [1.165, 1.54) is 154 Å². The number of carbonyl (C=O) groups is 1. The molecule has 0 radical (unpaired) electrons. The van der Waals surface area contributed by atoms with Crippen LogP contribution in [0, 0.1) is 0 Å². The van der Waals surface area contributed by atoms with Crippen molar-refractivity contribution in [2.24, 2.45) is 0 Å². The van der Waals surface area contributed by atoms with Crippen LogP contribution in [0.4, 0.5) is 0 Å². The van der Waals surface area contributed by atoms with E-state index in [0.29, 0.717) is 13.0 Å². The van der Waals surface area contributed by atoms with Crippen LogP contribution in [0.25, 0.3) is 0 Å². The second-order valence-electron chi connectivity index (χ2n) is 19.8. The molecule has 1 aliphatic rings. The molecule has 0 spiro atoms. The van der Waals surface area contributed by atoms with Gasteiger partial charge >= 0.3 is 13.8 Å². The summed E-state index contributed by atoms with van der Waals surface area (Å²) in [6.07, 6.45) is 47.4. The third-order valence-electron chi connectivity index (χ3n) is 13.2. The first-order valence-corrected chi connectivity index (χ1v) is 30.0. The average molecular weight is 1010 g/mol. The molecule has 1 rings (SSSR count). The van der Waals surface area contributed by atoms with Crippen molar-refractivity contribution < 1.29 is 58.3 Å². The van der Waals surface area contributed by atoms with Gasteiger partial charge in [-0.25, -0.2) is 4.57 Å². The van der Waals surface area contributed by atoms with Gasteiger partial charge in [0.05, 0.1) is 13.2 Å². The van der Waals surface area contributed by atoms with Gasteiger partial charge in [0.25, 0.3) is 0 Å². The average Bonchev–Trinajstić information content (AvgIpc) is 3.35. The Labute approximate surface area is 426 Å². The number of rotatable bonds is 49. The Hall–Kier alpha value is -1.70. The lowest BCUT2D eigenvalue weighted by molar-refractivity contribution is -0.220. The van der Waals surface area contributed by atoms with Crippen molar-refractivity contribution in [1.82, 2.24) is 0 Å². The maximum absolute atomic E-state index is 12.9. The molecule has 70 heavy (non-hydrogen) atoms. The number of ether oxygens (including phenoxy) is 2. The van der Waals surface area contributed by atoms with Gasteiger partial charge in [-0.3, -0.25) is 13.8 Å². The quantitative estimate of drug-likeness (QED) is 0.0146. The summed E-state index contributed by atoms with van der Waals surface area (Å²) in [4.78, 5) is 23.3. The first-order chi connectivity index (χ1) is 34.0. The van der Waals surface area contributed by atoms with E-state index in [1.807, 2.05) is 0 Å². The summed E-state index contributed by atoms with van der Waals surface area (Å²) in [6.45, 7) is 4.26. The van der Waals surface area contributed by atoms with Crippen molar-refractivity contribution in [3.05, 3.63) is 48.6 Å². The SMILES string of the molecule is CCCCCCC/C=C\C/C=C\CCCCCCCCCCCCOCC(COP(=O)(O)OC1C(O)C(O)C(O)C(O)C1O)OC(=O)CCCCCCCCCCC/C=C\C/C=C\CCCCCCC. The van der Waals surface area contributed by atoms with Gasteiger partial charge in [-0.15, -0.1) is 0 Å². The van der Waals surface area contributed by atoms with E-state index in [1.54, 1.807) is 0 Å². The van der Waals surface area contributed by atoms with Gasteiger partial charge in [0.1, 0.15) is 42.7 Å². The molecular weight excluding hydrogens is 908 g/mol. The molecule has 0 aliphatic heterocycles. The van der Waals surface area contributed by atoms with Gasteiger partial charge in [-0.2, -0.15) is 0 Å². The molecule has 1 saturated carbocycles. The molecule has 1 aliphatic carbocycles. The predicted molar refractivity (Wildman–Crippen MR) is 286 cm³/mol. The summed E-state index contributed by atoms with van der Waals surface area (Å²) in [5.74, 6) is -0.481. The predicted octanol–water partition coefficient (Wildman–Crippen LogP) is 13.5. The van der Waals surface area contributed by atoms with Crippen LogP contribution in [0.15, 0.2) is 48.6 Å². The Balaban J connectivity index is 2.30. The first kappa shape index (κ1) is 66.3. The molecule has 0 aromatic carbocycles. The van der Waals surface area contributed by atoms with Gasteiger partial charge in [0.2, 0.25) is 0 Å². The minimum absolute atomic E-state index is 0.0803. The normalized spacial score (nSPS) is 21.2. The summed E-state index contributed by atoms with van der Waals surface area (Å²) in [5.41, 5.74) is 0. The molecule has 6 unspecified atom stereocenters. The number of phosphoric ester groups is 1. The van der Waals surface area contributed by atoms with E-state index < -0.39 is 63.1 Å². The standard InChI is InChI=1S/C57H105O12P/c1-3-5-7-9-11-13-15-17-19-21-23-25-27-29-31-33-35-37-39-41-43-45-47-66-48-50(49-67-70(64,65)69-57-55(62)53(60)52(59)54(61)56(57)63)68-51(58)46-44-42-40-38-36-34-32-30-28-26-24-22-20-18-16-14-12-10-8-6-4-2/h15-18,21-24,50,52-57,59-63H,3-14,19-20,25-49H2,1-2H3,(H,64,65)/b17-15-,18-16-,23-21-,24-22-. The number of aliphatic hydroxyl groups excluding tert-OH is 5. The molecular formula is C57H105O12P. The number of allylic oxidation sites excluding steroid dienone is 8. The molecule has 0 heterocycles. The Kier molecular flexibility index (Phi) is 44.6. The van der Waals surface area contributed by atoms with Crippen molar-refractivity contribution >= 4 is 13.8 Å². The molecule has 12 nitrogen and oxygen atoms in total. The van der Waals surface area contributed by atoms with Gasteiger partial charge in [0, 0.05) is 13.0 Å². The van der Waals surface area contributed by atoms with Crippen LogP contribution in [-0.4, -0.2) is 98.9 Å². The Morgan fingerprint density at radius 1 is 0.457 bits per heavy atom. The summed E-state index contributed by atoms with van der Waals surface area (Å²) < 4.78 is 34.4. The number of hydrogen-bond donors (Lipinski definition) is 6. The Bertz CT molecular complexity index is 1340. The number of esters is 1. The van der Waals surface area contributed by atoms with Gasteiger partial charge in [-0.05, 0) is 77.0 Å². The summed E-state index contributed by atoms with van der Waals surface area (Å²) >= 11 is 0. The number of phosphoric acid groups is 1. The van der Waals surface area contributed by atoms with E-state index in [4.69, 9.17) is 18.5 Å². The van der Waals surface area contributed by atoms with Gasteiger partial charge in [0.15, 0.2) is 0 Å². The van der Waals surface area contributed by atoms with Crippen molar-refractivity contribution in [3.63, 3.8) is 0 Å². The highest BCUT2D eigenvalue weighted by Gasteiger charge is 2.51. The van der Waals surface area contributed by atoms with Crippen molar-refractivity contribution in [2.75, 3.05) is 19.8 Å². The number of unbranched alkanes of at least 4 members (excludes halogenated alkanes) is 29. The van der Waals surface area contributed by atoms with E-state index in [9.17, 15) is 39.8 Å². The summed E-state index contributed by atoms with van der Waals surface area (Å²) in [5, 5.41) is 50.4. The largest absolute Gasteiger partial charge is 0.472 e. The van der Waals surface area contributed by atoms with E-state index in [0.717, 1.165) is 64.2 Å². The highest BCUT2D eigenvalue weighted by atomic mass is 31.2. The van der Waals surface area contributed by atoms with Crippen LogP contribution in [0.5, 0.6) is 0 Å². The maximum atomic E-state index is 12.9. The van der Waals surface area contributed by atoms with Crippen molar-refractivity contribution in [2.45, 2.75) is 288 Å². The topological polar surface area (TPSA) is 192 Å². The van der Waals surface area contributed by atoms with Crippen LogP contribution >= 0.6 is 7.82 Å². The monoisotopic (exact) mass is 1010 g/mol. The molecule has 0 aromatic rings. The van der Waals surface area contributed by atoms with Crippen LogP contribution in [0.2, 0.25) is 0 Å². The molecule has 0 aromatic heterocycles. The van der Waals surface area contributed by atoms with Crippen molar-refractivity contribution in [3.8, 4) is 0 Å². The van der Waals surface area contributed by atoms with Crippen LogP contribution in [0.3, 0.4) is 0 Å². The third-order valence-corrected chi connectivity index (χ3v) is 14.2. The van der Waals surface area contributed by atoms with E-state index in [2.05, 4.69) is 62.5 Å². The van der Waals surface area contributed by atoms with Crippen LogP contribution in [-0.2, 0) is 27.9 Å². The number of carbonyl (C=O) groups excluding carboxylic acids is 1. The third kappa shape index (κ3) is 38.0. The number of hydrogen-bond acceptors (Lipinski definition) is 11. The fourth-order valence-electron chi connectivity index (χ4n) is 8.65. The second kappa shape index (κ2) is 47.0. The second-order valence-corrected chi connectivity index (χ2v) is 21.2. The molecule has 410 valence electrons. The summed E-state index contributed by atoms with van der Waals surface area (Å²) in [6, 6.07) is 0. The fourth-order valence-corrected chi connectivity index (χ4v) is 9.63. The van der Waals surface area contributed by atoms with E-state index in [-0.39, 0.29) is 13.0 Å². The number of aliphatic hydroxyl groups is 5. The minimum atomic E-state index is -5.03. The smallest absolute Gasteiger partial charge is 0.457 e. The zero-order valence-corrected chi connectivity index (χ0v) is 45.2. The maximum Gasteiger partial charge on any atom is 0.472 e. The fraction of sp³-hybridized carbons (Fsp3) is 0.842. The lowest BCUT2D eigenvalue weighted by atomic mass is 9.85.